The Balaban J connectivity index is 1.15. The van der Waals surface area contributed by atoms with Gasteiger partial charge in [-0.1, -0.05) is 33.8 Å². The van der Waals surface area contributed by atoms with Gasteiger partial charge in [-0.15, -0.1) is 11.3 Å². The maximum absolute atomic E-state index is 14.6. The summed E-state index contributed by atoms with van der Waals surface area (Å²) < 4.78 is 19.6. The predicted octanol–water partition coefficient (Wildman–Crippen LogP) is 5.86. The van der Waals surface area contributed by atoms with Crippen LogP contribution in [0.15, 0.2) is 41.9 Å². The van der Waals surface area contributed by atoms with Gasteiger partial charge in [-0.25, -0.2) is 15.2 Å². The van der Waals surface area contributed by atoms with E-state index in [0.717, 1.165) is 57.9 Å². The van der Waals surface area contributed by atoms with Crippen LogP contribution in [0.1, 0.15) is 76.8 Å². The van der Waals surface area contributed by atoms with E-state index in [-0.39, 0.29) is 37.0 Å². The number of urea groups is 1. The topological polar surface area (TPSA) is 160 Å². The lowest BCUT2D eigenvalue weighted by Crippen LogP contribution is -2.64. The van der Waals surface area contributed by atoms with Gasteiger partial charge in [-0.2, -0.15) is 0 Å². The highest BCUT2D eigenvalue weighted by atomic mass is 32.1. The van der Waals surface area contributed by atoms with E-state index >= 15 is 0 Å². The number of likely N-dealkylation sites (N-methyl/N-ethyl adjacent to an activating group) is 1. The summed E-state index contributed by atoms with van der Waals surface area (Å²) in [6.07, 6.45) is 3.31. The quantitative estimate of drug-likeness (QED) is 0.195. The first kappa shape index (κ1) is 44.7. The van der Waals surface area contributed by atoms with E-state index in [1.54, 1.807) is 25.3 Å². The number of nitrogens with zero attached hydrogens (tertiary/aromatic N) is 6. The molecular formula is C47H62N8O7S. The summed E-state index contributed by atoms with van der Waals surface area (Å²) in [4.78, 5) is 69.7. The second-order valence-electron chi connectivity index (χ2n) is 18.8. The number of amides is 4. The van der Waals surface area contributed by atoms with Gasteiger partial charge in [-0.05, 0) is 68.9 Å². The molecule has 0 aliphatic carbocycles. The van der Waals surface area contributed by atoms with Gasteiger partial charge in [-0.3, -0.25) is 24.4 Å². The third-order valence-corrected chi connectivity index (χ3v) is 14.2. The van der Waals surface area contributed by atoms with Crippen molar-refractivity contribution in [2.45, 2.75) is 98.0 Å². The Kier molecular flexibility index (Phi) is 13.0. The van der Waals surface area contributed by atoms with Crippen molar-refractivity contribution >= 4 is 46.1 Å². The Hall–Kier alpha value is -4.90. The van der Waals surface area contributed by atoms with Crippen LogP contribution < -0.4 is 10.7 Å². The van der Waals surface area contributed by atoms with Gasteiger partial charge >= 0.3 is 12.0 Å². The molecule has 3 aromatic heterocycles. The maximum atomic E-state index is 14.6. The van der Waals surface area contributed by atoms with E-state index in [0.29, 0.717) is 62.3 Å². The number of ether oxygens (including phenoxy) is 3. The lowest BCUT2D eigenvalue weighted by molar-refractivity contribution is -0.155. The number of carbonyl (C=O) groups excluding carboxylic acids is 4. The minimum Gasteiger partial charge on any atom is -0.464 e. The molecule has 6 bridgehead atoms. The number of hydrogen-bond acceptors (Lipinski definition) is 11. The van der Waals surface area contributed by atoms with Gasteiger partial charge in [0.15, 0.2) is 0 Å². The van der Waals surface area contributed by atoms with Crippen LogP contribution in [0.2, 0.25) is 0 Å². The number of fused-ring (bicyclic) bond motifs is 6. The van der Waals surface area contributed by atoms with Gasteiger partial charge in [0, 0.05) is 97.6 Å². The Morgan fingerprint density at radius 3 is 2.60 bits per heavy atom. The molecule has 1 aromatic carbocycles. The summed E-state index contributed by atoms with van der Waals surface area (Å²) in [6.45, 7) is 16.1. The number of rotatable bonds is 9. The molecule has 4 aliphatic heterocycles. The maximum Gasteiger partial charge on any atom is 0.324 e. The zero-order chi connectivity index (χ0) is 44.7. The zero-order valence-corrected chi connectivity index (χ0v) is 38.6. The van der Waals surface area contributed by atoms with E-state index < -0.39 is 35.4 Å². The number of thiazole rings is 1. The number of aromatic nitrogens is 3. The highest BCUT2D eigenvalue weighted by Gasteiger charge is 2.43. The molecule has 8 rings (SSSR count). The van der Waals surface area contributed by atoms with E-state index in [4.69, 9.17) is 24.2 Å². The van der Waals surface area contributed by atoms with Crippen molar-refractivity contribution in [1.29, 1.82) is 0 Å². The zero-order valence-electron chi connectivity index (χ0n) is 37.8. The molecule has 63 heavy (non-hydrogen) atoms. The fourth-order valence-corrected chi connectivity index (χ4v) is 10.4. The first-order valence-corrected chi connectivity index (χ1v) is 23.3. The summed E-state index contributed by atoms with van der Waals surface area (Å²) in [7, 11) is 3.35. The number of nitrogens with one attached hydrogen (secondary N) is 2. The van der Waals surface area contributed by atoms with Gasteiger partial charge in [0.25, 0.3) is 5.91 Å². The normalized spacial score (nSPS) is 21.9. The standard InChI is InChI=1S/C47H62N8O7S/c1-9-54-38-15-14-29-18-33(38)34(42(54)32-12-10-16-48-40(32)28(4)60-8)20-47(5,6)26-62-45(58)35-13-11-17-55(51-35)44(57)36(19-39-49-37(29)25-63-39)50-43(56)41(27(2)3)52(7)46(59)53-21-30(22-53)31-23-61-24-31/h10,12,14-16,18,25,27-28,30-31,35-36,41,51H,9,11,13,17,19-24,26H2,1-8H3,(H,50,56)/t28-,35-,36-,41-/m0/s1. The van der Waals surface area contributed by atoms with Crippen molar-refractivity contribution in [1.82, 2.24) is 40.1 Å². The second kappa shape index (κ2) is 18.3. The number of aryl methyl sites for hydroxylation is 1. The van der Waals surface area contributed by atoms with Crippen LogP contribution in [0.5, 0.6) is 0 Å². The van der Waals surface area contributed by atoms with Crippen LogP contribution in [0.4, 0.5) is 4.79 Å². The van der Waals surface area contributed by atoms with Crippen molar-refractivity contribution in [3.05, 3.63) is 58.2 Å². The minimum absolute atomic E-state index is 0.113. The van der Waals surface area contributed by atoms with Crippen molar-refractivity contribution in [3.8, 4) is 22.5 Å². The molecule has 3 saturated heterocycles. The fraction of sp³-hybridized carbons (Fsp3) is 0.574. The predicted molar refractivity (Wildman–Crippen MR) is 240 cm³/mol. The average Bonchev–Trinajstić information content (AvgIpc) is 3.83. The smallest absolute Gasteiger partial charge is 0.324 e. The molecule has 0 unspecified atom stereocenters. The number of pyridine rings is 1. The highest BCUT2D eigenvalue weighted by Crippen LogP contribution is 2.42. The molecule has 0 radical (unpaired) electrons. The molecule has 4 aliphatic rings. The number of hydrazine groups is 1. The van der Waals surface area contributed by atoms with Crippen molar-refractivity contribution in [3.63, 3.8) is 0 Å². The molecule has 4 aromatic rings. The molecular weight excluding hydrogens is 821 g/mol. The summed E-state index contributed by atoms with van der Waals surface area (Å²) in [5.74, 6) is -0.618. The lowest BCUT2D eigenvalue weighted by atomic mass is 9.84. The molecule has 0 spiro atoms. The summed E-state index contributed by atoms with van der Waals surface area (Å²) in [6, 6.07) is 7.62. The largest absolute Gasteiger partial charge is 0.464 e. The number of carbonyl (C=O) groups is 4. The first-order chi connectivity index (χ1) is 30.2. The molecule has 338 valence electrons. The first-order valence-electron chi connectivity index (χ1n) is 22.4. The fourth-order valence-electron chi connectivity index (χ4n) is 9.58. The van der Waals surface area contributed by atoms with Gasteiger partial charge < -0.3 is 33.9 Å². The number of hydrogen-bond donors (Lipinski definition) is 2. The highest BCUT2D eigenvalue weighted by molar-refractivity contribution is 7.10. The van der Waals surface area contributed by atoms with Crippen molar-refractivity contribution < 1.29 is 33.4 Å². The monoisotopic (exact) mass is 882 g/mol. The van der Waals surface area contributed by atoms with Crippen molar-refractivity contribution in [2.75, 3.05) is 53.6 Å². The summed E-state index contributed by atoms with van der Waals surface area (Å²) >= 11 is 1.43. The second-order valence-corrected chi connectivity index (χ2v) is 19.8. The number of methoxy groups -OCH3 is 1. The number of esters is 1. The van der Waals surface area contributed by atoms with Gasteiger partial charge in [0.2, 0.25) is 5.91 Å². The SMILES string of the molecule is CCn1c(-c2cccnc2[C@H](C)OC)c2c3cc(ccc31)-c1csc(n1)C[C@H](NC(=O)[C@H](C(C)C)N(C)C(=O)N1CC(C3COC3)C1)C(=O)N1CCC[C@H](N1)C(=O)OCC(C)(C)C2. The van der Waals surface area contributed by atoms with E-state index in [1.807, 2.05) is 32.2 Å². The van der Waals surface area contributed by atoms with Gasteiger partial charge in [0.1, 0.15) is 18.1 Å². The average molecular weight is 883 g/mol. The number of benzene rings is 1. The van der Waals surface area contributed by atoms with Crippen LogP contribution in [-0.2, 0) is 48.0 Å². The van der Waals surface area contributed by atoms with Crippen LogP contribution >= 0.6 is 11.3 Å². The molecule has 7 heterocycles. The molecule has 4 atom stereocenters. The molecule has 15 nitrogen and oxygen atoms in total. The number of likely N-dealkylation sites (tertiary alicyclic amines) is 1. The molecule has 2 N–H and O–H groups in total. The van der Waals surface area contributed by atoms with E-state index in [2.05, 4.69) is 60.3 Å². The van der Waals surface area contributed by atoms with Gasteiger partial charge in [0.05, 0.1) is 48.0 Å². The molecule has 3 fully saturated rings. The summed E-state index contributed by atoms with van der Waals surface area (Å²) in [5.41, 5.74) is 9.40. The minimum atomic E-state index is -1.04. The van der Waals surface area contributed by atoms with Crippen LogP contribution in [0, 0.1) is 23.2 Å². The Labute approximate surface area is 373 Å². The molecule has 4 amide bonds. The number of cyclic esters (lactones) is 1. The molecule has 16 heteroatoms. The van der Waals surface area contributed by atoms with E-state index in [1.165, 1.54) is 21.2 Å². The third-order valence-electron chi connectivity index (χ3n) is 13.3. The Morgan fingerprint density at radius 2 is 1.90 bits per heavy atom. The van der Waals surface area contributed by atoms with Crippen molar-refractivity contribution in [2.24, 2.45) is 23.2 Å². The Morgan fingerprint density at radius 1 is 1.13 bits per heavy atom. The van der Waals surface area contributed by atoms with E-state index in [9.17, 15) is 19.2 Å². The molecule has 0 saturated carbocycles. The Bertz CT molecular complexity index is 2350. The van der Waals surface area contributed by atoms with Crippen LogP contribution in [-0.4, -0.2) is 125 Å². The van der Waals surface area contributed by atoms with Crippen LogP contribution in [0.3, 0.4) is 0 Å². The lowest BCUT2D eigenvalue weighted by Gasteiger charge is -2.48. The van der Waals surface area contributed by atoms with Crippen LogP contribution in [0.25, 0.3) is 33.4 Å². The summed E-state index contributed by atoms with van der Waals surface area (Å²) in [5, 5.41) is 8.22. The third kappa shape index (κ3) is 8.96.